The summed E-state index contributed by atoms with van der Waals surface area (Å²) in [7, 11) is 1.92. The summed E-state index contributed by atoms with van der Waals surface area (Å²) in [4.78, 5) is 15.5. The second-order valence-corrected chi connectivity index (χ2v) is 13.3. The molecule has 266 valence electrons. The molecule has 2 aromatic heterocycles. The number of aromatic carboxylic acids is 1. The van der Waals surface area contributed by atoms with Gasteiger partial charge in [0.2, 0.25) is 0 Å². The van der Waals surface area contributed by atoms with Gasteiger partial charge in [-0.1, -0.05) is 66.7 Å². The third kappa shape index (κ3) is 6.63. The first-order valence-corrected chi connectivity index (χ1v) is 18.0. The van der Waals surface area contributed by atoms with Crippen LogP contribution >= 0.6 is 0 Å². The minimum Gasteiger partial charge on any atom is -0.493 e. The molecule has 4 aromatic carbocycles. The second-order valence-electron chi connectivity index (χ2n) is 13.3. The first kappa shape index (κ1) is 33.6. The highest BCUT2D eigenvalue weighted by Crippen LogP contribution is 2.39. The maximum Gasteiger partial charge on any atom is 0.352 e. The van der Waals surface area contributed by atoms with Gasteiger partial charge >= 0.3 is 5.97 Å². The van der Waals surface area contributed by atoms with Gasteiger partial charge in [-0.3, -0.25) is 4.68 Å². The average molecular weight is 698 g/mol. The molecule has 52 heavy (non-hydrogen) atoms. The number of anilines is 1. The molecule has 0 bridgehead atoms. The Bertz CT molecular complexity index is 2240. The summed E-state index contributed by atoms with van der Waals surface area (Å²) >= 11 is 0. The van der Waals surface area contributed by atoms with Crippen molar-refractivity contribution in [1.82, 2.24) is 19.7 Å². The summed E-state index contributed by atoms with van der Waals surface area (Å²) in [6.07, 6.45) is 5.14. The van der Waals surface area contributed by atoms with Crippen molar-refractivity contribution in [1.29, 1.82) is 0 Å². The summed E-state index contributed by atoms with van der Waals surface area (Å²) in [5, 5.41) is 22.2. The molecule has 10 nitrogen and oxygen atoms in total. The number of carboxylic acid groups (broad SMARTS) is 1. The quantitative estimate of drug-likeness (QED) is 0.117. The normalized spacial score (nSPS) is 15.3. The number of rotatable bonds is 10. The Morgan fingerprint density at radius 3 is 2.56 bits per heavy atom. The highest BCUT2D eigenvalue weighted by Gasteiger charge is 2.28. The van der Waals surface area contributed by atoms with Gasteiger partial charge in [0.1, 0.15) is 29.5 Å². The van der Waals surface area contributed by atoms with E-state index < -0.39 is 5.97 Å². The van der Waals surface area contributed by atoms with Crippen LogP contribution in [0.15, 0.2) is 97.1 Å². The van der Waals surface area contributed by atoms with E-state index in [4.69, 9.17) is 19.3 Å². The van der Waals surface area contributed by atoms with Gasteiger partial charge in [-0.05, 0) is 54.1 Å². The number of fused-ring (bicyclic) bond motifs is 3. The van der Waals surface area contributed by atoms with E-state index in [2.05, 4.69) is 46.6 Å². The van der Waals surface area contributed by atoms with Gasteiger partial charge in [0, 0.05) is 67.4 Å². The Labute approximate surface area is 302 Å². The fourth-order valence-corrected chi connectivity index (χ4v) is 7.61. The predicted octanol–water partition coefficient (Wildman–Crippen LogP) is 6.98. The molecule has 0 radical (unpaired) electrons. The van der Waals surface area contributed by atoms with Crippen LogP contribution in [-0.4, -0.2) is 64.8 Å². The van der Waals surface area contributed by atoms with E-state index in [1.165, 1.54) is 5.69 Å². The lowest BCUT2D eigenvalue weighted by atomic mass is 9.98. The summed E-state index contributed by atoms with van der Waals surface area (Å²) in [5.74, 6) is 0.640. The number of nitrogens with one attached hydrogen (secondary N) is 1. The molecule has 0 aliphatic carbocycles. The lowest BCUT2D eigenvalue weighted by molar-refractivity contribution is 0.0685. The number of nitrogens with zero attached hydrogens (tertiary/aromatic N) is 4. The van der Waals surface area contributed by atoms with Crippen LogP contribution in [0.5, 0.6) is 11.5 Å². The van der Waals surface area contributed by atoms with Crippen molar-refractivity contribution >= 4 is 33.3 Å². The number of hydrogen-bond donors (Lipinski definition) is 2. The summed E-state index contributed by atoms with van der Waals surface area (Å²) in [5.41, 5.74) is 6.65. The van der Waals surface area contributed by atoms with Crippen molar-refractivity contribution in [3.05, 3.63) is 120 Å². The van der Waals surface area contributed by atoms with Crippen LogP contribution in [-0.2, 0) is 38.0 Å². The number of benzene rings is 4. The number of piperazine rings is 1. The largest absolute Gasteiger partial charge is 0.493 e. The number of allylic oxidation sites excluding steroid dienone is 1. The van der Waals surface area contributed by atoms with Crippen LogP contribution < -0.4 is 19.7 Å². The van der Waals surface area contributed by atoms with Crippen LogP contribution in [0.3, 0.4) is 0 Å². The zero-order chi connectivity index (χ0) is 35.4. The molecule has 2 N–H and O–H groups in total. The number of carbonyl (C=O) groups is 1. The van der Waals surface area contributed by atoms with Gasteiger partial charge in [0.05, 0.1) is 31.0 Å². The first-order chi connectivity index (χ1) is 25.6. The SMILES string of the molecule is Cn1nc(COc2ccc(N3CCNCC3)cc2)c2c1COC/C=C\Cn1c(C(=O)O)c(CCCOc3cccc4ccccc34)c3cccc-2c31. The number of ether oxygens (including phenoxy) is 3. The van der Waals surface area contributed by atoms with Gasteiger partial charge in [-0.25, -0.2) is 4.79 Å². The Morgan fingerprint density at radius 2 is 1.71 bits per heavy atom. The van der Waals surface area contributed by atoms with Crippen LogP contribution in [0.2, 0.25) is 0 Å². The number of carboxylic acids is 1. The smallest absolute Gasteiger partial charge is 0.352 e. The van der Waals surface area contributed by atoms with E-state index in [9.17, 15) is 9.90 Å². The Morgan fingerprint density at radius 1 is 0.923 bits per heavy atom. The highest BCUT2D eigenvalue weighted by atomic mass is 16.5. The zero-order valence-corrected chi connectivity index (χ0v) is 29.4. The summed E-state index contributed by atoms with van der Waals surface area (Å²) in [6, 6.07) is 28.6. The van der Waals surface area contributed by atoms with E-state index in [-0.39, 0.29) is 6.61 Å². The van der Waals surface area contributed by atoms with Crippen molar-refractivity contribution in [3.8, 4) is 22.6 Å². The lowest BCUT2D eigenvalue weighted by Crippen LogP contribution is -2.43. The topological polar surface area (TPSA) is 103 Å². The highest BCUT2D eigenvalue weighted by molar-refractivity contribution is 6.04. The van der Waals surface area contributed by atoms with Crippen molar-refractivity contribution in [3.63, 3.8) is 0 Å². The molecule has 0 saturated carbocycles. The maximum absolute atomic E-state index is 13.1. The van der Waals surface area contributed by atoms with E-state index in [0.29, 0.717) is 44.9 Å². The minimum atomic E-state index is -0.953. The van der Waals surface area contributed by atoms with Crippen molar-refractivity contribution in [2.24, 2.45) is 7.05 Å². The standard InChI is InChI=1S/C42H43N5O5/c1-45-37-28-50-25-5-4-22-47-40-33(34(41(47)42(48)49)14-8-26-51-38-15-6-10-29-9-2-3-11-32(29)38)12-7-13-35(40)39(37)36(44-45)27-52-31-18-16-30(17-19-31)46-23-20-43-21-24-46/h2-7,9-13,15-19,43H,8,14,20-28H2,1H3,(H,48,49)/b5-4-. The number of aromatic nitrogens is 3. The monoisotopic (exact) mass is 697 g/mol. The molecule has 0 atom stereocenters. The maximum atomic E-state index is 13.1. The Hall–Kier alpha value is -5.58. The molecule has 2 aliphatic rings. The molecule has 10 heteroatoms. The molecule has 6 aromatic rings. The van der Waals surface area contributed by atoms with Gasteiger partial charge in [0.15, 0.2) is 0 Å². The van der Waals surface area contributed by atoms with E-state index in [0.717, 1.165) is 87.4 Å². The summed E-state index contributed by atoms with van der Waals surface area (Å²) in [6.45, 7) is 5.78. The molecule has 0 unspecified atom stereocenters. The molecule has 4 heterocycles. The van der Waals surface area contributed by atoms with Crippen LogP contribution in [0.25, 0.3) is 32.8 Å². The molecule has 0 amide bonds. The molecule has 1 fully saturated rings. The Balaban J connectivity index is 1.12. The van der Waals surface area contributed by atoms with Crippen molar-refractivity contribution < 1.29 is 24.1 Å². The zero-order valence-electron chi connectivity index (χ0n) is 29.4. The molecule has 2 aliphatic heterocycles. The number of hydrogen-bond acceptors (Lipinski definition) is 7. The van der Waals surface area contributed by atoms with Gasteiger partial charge in [-0.2, -0.15) is 5.10 Å². The predicted molar refractivity (Wildman–Crippen MR) is 204 cm³/mol. The Kier molecular flexibility index (Phi) is 9.65. The minimum absolute atomic E-state index is 0.246. The third-order valence-electron chi connectivity index (χ3n) is 10.1. The number of para-hydroxylation sites is 1. The van der Waals surface area contributed by atoms with E-state index in [1.807, 2.05) is 77.0 Å². The van der Waals surface area contributed by atoms with Gasteiger partial charge in [-0.15, -0.1) is 0 Å². The van der Waals surface area contributed by atoms with Crippen LogP contribution in [0.1, 0.15) is 33.9 Å². The third-order valence-corrected chi connectivity index (χ3v) is 10.1. The lowest BCUT2D eigenvalue weighted by Gasteiger charge is -2.29. The van der Waals surface area contributed by atoms with E-state index in [1.54, 1.807) is 0 Å². The molecule has 1 saturated heterocycles. The molecule has 8 rings (SSSR count). The average Bonchev–Trinajstić information content (AvgIpc) is 3.66. The number of aryl methyl sites for hydroxylation is 2. The molecular formula is C42H43N5O5. The fraction of sp³-hybridized carbons (Fsp3) is 0.286. The van der Waals surface area contributed by atoms with Crippen LogP contribution in [0, 0.1) is 0 Å². The van der Waals surface area contributed by atoms with E-state index >= 15 is 0 Å². The van der Waals surface area contributed by atoms with Crippen LogP contribution in [0.4, 0.5) is 5.69 Å². The molecular weight excluding hydrogens is 654 g/mol. The van der Waals surface area contributed by atoms with Gasteiger partial charge in [0.25, 0.3) is 0 Å². The summed E-state index contributed by atoms with van der Waals surface area (Å²) < 4.78 is 22.5. The second kappa shape index (κ2) is 15.0. The fourth-order valence-electron chi connectivity index (χ4n) is 7.61. The van der Waals surface area contributed by atoms with Crippen molar-refractivity contribution in [2.75, 3.05) is 44.3 Å². The first-order valence-electron chi connectivity index (χ1n) is 18.0. The van der Waals surface area contributed by atoms with Gasteiger partial charge < -0.3 is 34.1 Å². The van der Waals surface area contributed by atoms with Crippen molar-refractivity contribution in [2.45, 2.75) is 32.6 Å². The molecule has 0 spiro atoms.